The molecule has 0 fully saturated rings. The fraction of sp³-hybridized carbons (Fsp3) is 0.188. The number of ketones is 1. The van der Waals surface area contributed by atoms with Crippen molar-refractivity contribution >= 4 is 23.2 Å². The predicted octanol–water partition coefficient (Wildman–Crippen LogP) is 3.39. The molecule has 0 aliphatic rings. The van der Waals surface area contributed by atoms with Gasteiger partial charge < -0.3 is 0 Å². The molecule has 0 aliphatic carbocycles. The Bertz CT molecular complexity index is 796. The topological polar surface area (TPSA) is 47.3 Å². The maximum Gasteiger partial charge on any atom is 0.164 e. The van der Waals surface area contributed by atoms with Gasteiger partial charge in [0, 0.05) is 11.3 Å². The monoisotopic (exact) mass is 297 g/mol. The molecule has 0 spiro atoms. The molecule has 2 heterocycles. The lowest BCUT2D eigenvalue weighted by atomic mass is 10.1. The van der Waals surface area contributed by atoms with Gasteiger partial charge in [0.1, 0.15) is 10.8 Å². The Labute approximate surface area is 127 Å². The van der Waals surface area contributed by atoms with Crippen LogP contribution in [0.15, 0.2) is 47.6 Å². The molecular formula is C16H15N3OS. The van der Waals surface area contributed by atoms with Gasteiger partial charge in [0.2, 0.25) is 0 Å². The van der Waals surface area contributed by atoms with Crippen LogP contribution in [-0.2, 0) is 4.79 Å². The second-order valence-electron chi connectivity index (χ2n) is 4.89. The fourth-order valence-electron chi connectivity index (χ4n) is 2.15. The number of carbonyl (C=O) groups is 1. The molecule has 5 heteroatoms. The SMILES string of the molecule is CC(=O)CSc1cc(C)nc2c(-c3ccccc3)cnn12. The first-order valence-corrected chi connectivity index (χ1v) is 7.67. The van der Waals surface area contributed by atoms with Gasteiger partial charge >= 0.3 is 0 Å². The highest BCUT2D eigenvalue weighted by atomic mass is 32.2. The van der Waals surface area contributed by atoms with E-state index in [1.165, 1.54) is 11.8 Å². The van der Waals surface area contributed by atoms with Crippen molar-refractivity contribution in [2.24, 2.45) is 0 Å². The Morgan fingerprint density at radius 3 is 2.76 bits per heavy atom. The highest BCUT2D eigenvalue weighted by Crippen LogP contribution is 2.27. The number of fused-ring (bicyclic) bond motifs is 1. The third-order valence-electron chi connectivity index (χ3n) is 3.08. The summed E-state index contributed by atoms with van der Waals surface area (Å²) in [6, 6.07) is 12.0. The van der Waals surface area contributed by atoms with E-state index in [0.717, 1.165) is 27.5 Å². The molecule has 3 aromatic rings. The van der Waals surface area contributed by atoms with Gasteiger partial charge in [-0.05, 0) is 25.5 Å². The molecule has 1 aromatic carbocycles. The molecule has 0 saturated carbocycles. The van der Waals surface area contributed by atoms with Crippen molar-refractivity contribution < 1.29 is 4.79 Å². The van der Waals surface area contributed by atoms with Crippen molar-refractivity contribution in [1.82, 2.24) is 14.6 Å². The second-order valence-corrected chi connectivity index (χ2v) is 5.88. The molecule has 0 bridgehead atoms. The van der Waals surface area contributed by atoms with E-state index in [4.69, 9.17) is 0 Å². The number of nitrogens with zero attached hydrogens (tertiary/aromatic N) is 3. The molecule has 3 rings (SSSR count). The quantitative estimate of drug-likeness (QED) is 0.547. The van der Waals surface area contributed by atoms with Crippen LogP contribution < -0.4 is 0 Å². The van der Waals surface area contributed by atoms with Crippen LogP contribution in [0.5, 0.6) is 0 Å². The van der Waals surface area contributed by atoms with Crippen molar-refractivity contribution in [1.29, 1.82) is 0 Å². The highest BCUT2D eigenvalue weighted by Gasteiger charge is 2.12. The number of aromatic nitrogens is 3. The van der Waals surface area contributed by atoms with Crippen LogP contribution in [0.1, 0.15) is 12.6 Å². The minimum Gasteiger partial charge on any atom is -0.299 e. The van der Waals surface area contributed by atoms with Crippen molar-refractivity contribution in [3.05, 3.63) is 48.3 Å². The minimum atomic E-state index is 0.151. The summed E-state index contributed by atoms with van der Waals surface area (Å²) in [5.74, 6) is 0.595. The minimum absolute atomic E-state index is 0.151. The Morgan fingerprint density at radius 2 is 2.05 bits per heavy atom. The van der Waals surface area contributed by atoms with Crippen LogP contribution in [-0.4, -0.2) is 26.1 Å². The Hall–Kier alpha value is -2.14. The number of hydrogen-bond donors (Lipinski definition) is 0. The van der Waals surface area contributed by atoms with Crippen LogP contribution in [0, 0.1) is 6.92 Å². The molecule has 0 aliphatic heterocycles. The zero-order valence-electron chi connectivity index (χ0n) is 11.9. The van der Waals surface area contributed by atoms with Crippen LogP contribution in [0.3, 0.4) is 0 Å². The molecular weight excluding hydrogens is 282 g/mol. The fourth-order valence-corrected chi connectivity index (χ4v) is 3.01. The number of hydrogen-bond acceptors (Lipinski definition) is 4. The van der Waals surface area contributed by atoms with Gasteiger partial charge in [0.25, 0.3) is 0 Å². The van der Waals surface area contributed by atoms with E-state index < -0.39 is 0 Å². The third kappa shape index (κ3) is 2.83. The van der Waals surface area contributed by atoms with Crippen molar-refractivity contribution in [3.8, 4) is 11.1 Å². The molecule has 0 radical (unpaired) electrons. The van der Waals surface area contributed by atoms with Crippen LogP contribution in [0.25, 0.3) is 16.8 Å². The van der Waals surface area contributed by atoms with Gasteiger partial charge in [-0.25, -0.2) is 9.50 Å². The van der Waals surface area contributed by atoms with Gasteiger partial charge in [-0.1, -0.05) is 42.1 Å². The molecule has 0 amide bonds. The molecule has 0 saturated heterocycles. The summed E-state index contributed by atoms with van der Waals surface area (Å²) in [5, 5.41) is 5.38. The average Bonchev–Trinajstić information content (AvgIpc) is 2.89. The van der Waals surface area contributed by atoms with Crippen molar-refractivity contribution in [2.45, 2.75) is 18.9 Å². The zero-order chi connectivity index (χ0) is 14.8. The van der Waals surface area contributed by atoms with E-state index in [1.807, 2.05) is 54.0 Å². The number of rotatable bonds is 4. The Morgan fingerprint density at radius 1 is 1.29 bits per heavy atom. The van der Waals surface area contributed by atoms with E-state index in [1.54, 1.807) is 6.92 Å². The summed E-state index contributed by atoms with van der Waals surface area (Å²) in [5.41, 5.74) is 3.84. The van der Waals surface area contributed by atoms with Gasteiger partial charge in [-0.15, -0.1) is 0 Å². The molecule has 4 nitrogen and oxygen atoms in total. The van der Waals surface area contributed by atoms with Crippen molar-refractivity contribution in [3.63, 3.8) is 0 Å². The Balaban J connectivity index is 2.12. The molecule has 0 atom stereocenters. The van der Waals surface area contributed by atoms with E-state index in [-0.39, 0.29) is 5.78 Å². The van der Waals surface area contributed by atoms with E-state index in [9.17, 15) is 4.79 Å². The Kier molecular flexibility index (Phi) is 3.75. The normalized spacial score (nSPS) is 11.0. The predicted molar refractivity (Wildman–Crippen MR) is 84.6 cm³/mol. The van der Waals surface area contributed by atoms with Crippen LogP contribution in [0.2, 0.25) is 0 Å². The van der Waals surface area contributed by atoms with Crippen LogP contribution >= 0.6 is 11.8 Å². The summed E-state index contributed by atoms with van der Waals surface area (Å²) in [4.78, 5) is 15.8. The number of Topliss-reactive ketones (excluding diaryl/α,β-unsaturated/α-hetero) is 1. The van der Waals surface area contributed by atoms with Gasteiger partial charge in [0.15, 0.2) is 5.65 Å². The van der Waals surface area contributed by atoms with Crippen molar-refractivity contribution in [2.75, 3.05) is 5.75 Å². The molecule has 0 N–H and O–H groups in total. The lowest BCUT2D eigenvalue weighted by molar-refractivity contribution is -0.114. The zero-order valence-corrected chi connectivity index (χ0v) is 12.7. The second kappa shape index (κ2) is 5.69. The first-order chi connectivity index (χ1) is 10.1. The number of aryl methyl sites for hydroxylation is 1. The largest absolute Gasteiger partial charge is 0.299 e. The first-order valence-electron chi connectivity index (χ1n) is 6.68. The van der Waals surface area contributed by atoms with E-state index in [2.05, 4.69) is 10.1 Å². The molecule has 21 heavy (non-hydrogen) atoms. The summed E-state index contributed by atoms with van der Waals surface area (Å²) in [6.45, 7) is 3.55. The molecule has 106 valence electrons. The maximum atomic E-state index is 11.2. The summed E-state index contributed by atoms with van der Waals surface area (Å²) < 4.78 is 1.81. The van der Waals surface area contributed by atoms with E-state index >= 15 is 0 Å². The van der Waals surface area contributed by atoms with Crippen LogP contribution in [0.4, 0.5) is 0 Å². The summed E-state index contributed by atoms with van der Waals surface area (Å²) >= 11 is 1.49. The summed E-state index contributed by atoms with van der Waals surface area (Å²) in [6.07, 6.45) is 1.83. The third-order valence-corrected chi connectivity index (χ3v) is 4.21. The molecule has 2 aromatic heterocycles. The number of benzene rings is 1. The highest BCUT2D eigenvalue weighted by molar-refractivity contribution is 7.99. The smallest absolute Gasteiger partial charge is 0.164 e. The standard InChI is InChI=1S/C16H15N3OS/c1-11-8-15(21-10-12(2)20)19-16(18-11)14(9-17-19)13-6-4-3-5-7-13/h3-9H,10H2,1-2H3. The van der Waals surface area contributed by atoms with Gasteiger partial charge in [-0.3, -0.25) is 4.79 Å². The lowest BCUT2D eigenvalue weighted by Gasteiger charge is -2.05. The number of thioether (sulfide) groups is 1. The average molecular weight is 297 g/mol. The lowest BCUT2D eigenvalue weighted by Crippen LogP contribution is -2.00. The summed E-state index contributed by atoms with van der Waals surface area (Å²) in [7, 11) is 0. The number of carbonyl (C=O) groups excluding carboxylic acids is 1. The molecule has 0 unspecified atom stereocenters. The van der Waals surface area contributed by atoms with Gasteiger partial charge in [-0.2, -0.15) is 5.10 Å². The first kappa shape index (κ1) is 13.8. The van der Waals surface area contributed by atoms with E-state index in [0.29, 0.717) is 5.75 Å². The van der Waals surface area contributed by atoms with Gasteiger partial charge in [0.05, 0.1) is 11.9 Å². The maximum absolute atomic E-state index is 11.2.